The fraction of sp³-hybridized carbons (Fsp3) is 0.417. The van der Waals surface area contributed by atoms with Crippen LogP contribution in [0.2, 0.25) is 0 Å². The van der Waals surface area contributed by atoms with Crippen molar-refractivity contribution in [3.8, 4) is 0 Å². The summed E-state index contributed by atoms with van der Waals surface area (Å²) in [7, 11) is 0. The van der Waals surface area contributed by atoms with Gasteiger partial charge in [0.25, 0.3) is 0 Å². The van der Waals surface area contributed by atoms with E-state index in [1.54, 1.807) is 33.8 Å². The number of anilines is 1. The highest BCUT2D eigenvalue weighted by Crippen LogP contribution is 2.17. The first-order valence-electron chi connectivity index (χ1n) is 5.39. The van der Waals surface area contributed by atoms with E-state index in [1.165, 1.54) is 12.3 Å². The molecule has 1 N–H and O–H groups in total. The van der Waals surface area contributed by atoms with Crippen molar-refractivity contribution in [3.05, 3.63) is 24.0 Å². The van der Waals surface area contributed by atoms with Crippen molar-refractivity contribution in [1.29, 1.82) is 0 Å². The van der Waals surface area contributed by atoms with Crippen LogP contribution in [0.1, 0.15) is 26.5 Å². The second-order valence-electron chi connectivity index (χ2n) is 4.76. The van der Waals surface area contributed by atoms with E-state index in [0.717, 1.165) is 5.69 Å². The first-order chi connectivity index (χ1) is 8.20. The van der Waals surface area contributed by atoms with Crippen molar-refractivity contribution in [3.63, 3.8) is 0 Å². The van der Waals surface area contributed by atoms with Gasteiger partial charge in [-0.25, -0.2) is 9.59 Å². The quantitative estimate of drug-likeness (QED) is 0.831. The van der Waals surface area contributed by atoms with Gasteiger partial charge in [0.1, 0.15) is 5.60 Å². The fourth-order valence-electron chi connectivity index (χ4n) is 1.19. The van der Waals surface area contributed by atoms with Gasteiger partial charge in [-0.1, -0.05) is 0 Å². The molecule has 0 spiro atoms. The molecular formula is C12H16N2O4. The Morgan fingerprint density at radius 2 is 1.94 bits per heavy atom. The molecule has 6 nitrogen and oxygen atoms in total. The average Bonchev–Trinajstić information content (AvgIpc) is 2.18. The molecule has 0 aliphatic heterocycles. The first kappa shape index (κ1) is 14.0. The van der Waals surface area contributed by atoms with E-state index < -0.39 is 17.8 Å². The number of rotatable bonds is 1. The van der Waals surface area contributed by atoms with Crippen LogP contribution in [0.3, 0.4) is 0 Å². The third kappa shape index (κ3) is 3.73. The predicted molar refractivity (Wildman–Crippen MR) is 65.7 cm³/mol. The maximum Gasteiger partial charge on any atom is 0.424 e. The van der Waals surface area contributed by atoms with Gasteiger partial charge in [0.05, 0.1) is 11.9 Å². The molecule has 0 saturated heterocycles. The minimum absolute atomic E-state index is 0.155. The summed E-state index contributed by atoms with van der Waals surface area (Å²) in [5.74, 6) is 0. The lowest BCUT2D eigenvalue weighted by molar-refractivity contribution is 0.0582. The number of amides is 2. The van der Waals surface area contributed by atoms with Gasteiger partial charge in [-0.2, -0.15) is 4.90 Å². The van der Waals surface area contributed by atoms with E-state index in [1.807, 2.05) is 0 Å². The molecule has 18 heavy (non-hydrogen) atoms. The summed E-state index contributed by atoms with van der Waals surface area (Å²) >= 11 is 0. The third-order valence-corrected chi connectivity index (χ3v) is 1.92. The van der Waals surface area contributed by atoms with Gasteiger partial charge in [0.15, 0.2) is 0 Å². The number of ether oxygens (including phenoxy) is 1. The normalized spacial score (nSPS) is 10.9. The van der Waals surface area contributed by atoms with E-state index in [0.29, 0.717) is 4.90 Å². The van der Waals surface area contributed by atoms with Crippen LogP contribution in [-0.4, -0.2) is 27.9 Å². The minimum atomic E-state index is -1.41. The summed E-state index contributed by atoms with van der Waals surface area (Å²) in [5, 5.41) is 9.06. The zero-order valence-electron chi connectivity index (χ0n) is 10.8. The number of hydrogen-bond acceptors (Lipinski definition) is 4. The second-order valence-corrected chi connectivity index (χ2v) is 4.76. The van der Waals surface area contributed by atoms with Crippen molar-refractivity contribution in [2.75, 3.05) is 4.90 Å². The van der Waals surface area contributed by atoms with E-state index >= 15 is 0 Å². The van der Waals surface area contributed by atoms with Crippen LogP contribution in [-0.2, 0) is 4.74 Å². The average molecular weight is 252 g/mol. The number of nitrogens with zero attached hydrogens (tertiary/aromatic N) is 2. The number of carbonyl (C=O) groups excluding carboxylic acids is 1. The molecule has 98 valence electrons. The Morgan fingerprint density at radius 1 is 1.33 bits per heavy atom. The number of pyridine rings is 1. The number of carboxylic acid groups (broad SMARTS) is 1. The van der Waals surface area contributed by atoms with Crippen molar-refractivity contribution >= 4 is 17.9 Å². The molecule has 0 bridgehead atoms. The van der Waals surface area contributed by atoms with Crippen LogP contribution in [0.4, 0.5) is 15.3 Å². The number of carbonyl (C=O) groups is 2. The molecule has 1 aromatic rings. The van der Waals surface area contributed by atoms with Gasteiger partial charge in [0.2, 0.25) is 0 Å². The SMILES string of the molecule is Cc1ccc(N(C(=O)O)C(=O)OC(C)(C)C)cn1. The molecular weight excluding hydrogens is 236 g/mol. The van der Waals surface area contributed by atoms with Crippen LogP contribution in [0.5, 0.6) is 0 Å². The molecule has 0 atom stereocenters. The van der Waals surface area contributed by atoms with Gasteiger partial charge >= 0.3 is 12.2 Å². The molecule has 1 aromatic heterocycles. The lowest BCUT2D eigenvalue weighted by Crippen LogP contribution is -2.40. The summed E-state index contributed by atoms with van der Waals surface area (Å²) in [6.45, 7) is 6.76. The molecule has 0 fully saturated rings. The van der Waals surface area contributed by atoms with Crippen molar-refractivity contribution in [2.45, 2.75) is 33.3 Å². The van der Waals surface area contributed by atoms with Crippen LogP contribution in [0.15, 0.2) is 18.3 Å². The molecule has 0 saturated carbocycles. The highest BCUT2D eigenvalue weighted by molar-refractivity contribution is 6.08. The van der Waals surface area contributed by atoms with Gasteiger partial charge in [-0.05, 0) is 39.8 Å². The number of aryl methyl sites for hydroxylation is 1. The van der Waals surface area contributed by atoms with E-state index in [9.17, 15) is 9.59 Å². The number of aromatic nitrogens is 1. The molecule has 1 rings (SSSR count). The molecule has 0 radical (unpaired) electrons. The number of imide groups is 1. The molecule has 0 aromatic carbocycles. The van der Waals surface area contributed by atoms with E-state index in [4.69, 9.17) is 9.84 Å². The van der Waals surface area contributed by atoms with Gasteiger partial charge < -0.3 is 9.84 Å². The number of hydrogen-bond donors (Lipinski definition) is 1. The van der Waals surface area contributed by atoms with Crippen molar-refractivity contribution in [1.82, 2.24) is 4.98 Å². The summed E-state index contributed by atoms with van der Waals surface area (Å²) in [5.41, 5.74) is 0.124. The van der Waals surface area contributed by atoms with Crippen LogP contribution in [0.25, 0.3) is 0 Å². The Balaban J connectivity index is 3.00. The van der Waals surface area contributed by atoms with Crippen molar-refractivity contribution in [2.24, 2.45) is 0 Å². The van der Waals surface area contributed by atoms with Gasteiger partial charge in [0, 0.05) is 5.69 Å². The first-order valence-corrected chi connectivity index (χ1v) is 5.39. The van der Waals surface area contributed by atoms with Gasteiger partial charge in [-0.3, -0.25) is 4.98 Å². The highest BCUT2D eigenvalue weighted by Gasteiger charge is 2.28. The van der Waals surface area contributed by atoms with Crippen molar-refractivity contribution < 1.29 is 19.4 Å². The molecule has 6 heteroatoms. The van der Waals surface area contributed by atoms with Crippen LogP contribution in [0, 0.1) is 6.92 Å². The Hall–Kier alpha value is -2.11. The summed E-state index contributed by atoms with van der Waals surface area (Å²) in [6, 6.07) is 3.12. The monoisotopic (exact) mass is 252 g/mol. The zero-order chi connectivity index (χ0) is 13.9. The molecule has 0 unspecified atom stereocenters. The highest BCUT2D eigenvalue weighted by atomic mass is 16.6. The Bertz CT molecular complexity index is 448. The third-order valence-electron chi connectivity index (χ3n) is 1.92. The second kappa shape index (κ2) is 5.03. The van der Waals surface area contributed by atoms with E-state index in [2.05, 4.69) is 4.98 Å². The largest absolute Gasteiger partial charge is 0.464 e. The maximum atomic E-state index is 11.8. The van der Waals surface area contributed by atoms with Crippen LogP contribution >= 0.6 is 0 Å². The molecule has 0 aliphatic rings. The predicted octanol–water partition coefficient (Wildman–Crippen LogP) is 2.81. The summed E-state index contributed by atoms with van der Waals surface area (Å²) in [4.78, 5) is 27.4. The smallest absolute Gasteiger partial charge is 0.424 e. The summed E-state index contributed by atoms with van der Waals surface area (Å²) in [6.07, 6.45) is -1.04. The fourth-order valence-corrected chi connectivity index (χ4v) is 1.19. The van der Waals surface area contributed by atoms with Gasteiger partial charge in [-0.15, -0.1) is 0 Å². The Kier molecular flexibility index (Phi) is 3.90. The summed E-state index contributed by atoms with van der Waals surface area (Å²) < 4.78 is 5.02. The van der Waals surface area contributed by atoms with Crippen LogP contribution < -0.4 is 4.90 Å². The lowest BCUT2D eigenvalue weighted by Gasteiger charge is -2.24. The Labute approximate surface area is 105 Å². The minimum Gasteiger partial charge on any atom is -0.464 e. The Morgan fingerprint density at radius 3 is 2.33 bits per heavy atom. The lowest BCUT2D eigenvalue weighted by atomic mass is 10.2. The molecule has 1 heterocycles. The van der Waals surface area contributed by atoms with E-state index in [-0.39, 0.29) is 5.69 Å². The zero-order valence-corrected chi connectivity index (χ0v) is 10.8. The maximum absolute atomic E-state index is 11.8. The molecule has 0 aliphatic carbocycles. The standard InChI is InChI=1S/C12H16N2O4/c1-8-5-6-9(7-13-8)14(10(15)16)11(17)18-12(2,3)4/h5-7H,1-4H3,(H,15,16). The topological polar surface area (TPSA) is 79.7 Å². The molecule has 2 amide bonds.